The molecule has 0 heterocycles. The number of nitro benzene ring substituents is 1. The molecule has 0 aromatic heterocycles. The Bertz CT molecular complexity index is 503. The highest BCUT2D eigenvalue weighted by Gasteiger charge is 2.21. The fourth-order valence-electron chi connectivity index (χ4n) is 1.48. The third-order valence-corrected chi connectivity index (χ3v) is 2.55. The van der Waals surface area contributed by atoms with Crippen LogP contribution in [0.25, 0.3) is 0 Å². The molecule has 2 amide bonds. The van der Waals surface area contributed by atoms with Gasteiger partial charge in [-0.15, -0.1) is 0 Å². The molecule has 0 aliphatic heterocycles. The number of nitrogens with one attached hydrogen (secondary N) is 2. The van der Waals surface area contributed by atoms with Crippen LogP contribution in [0.2, 0.25) is 0 Å². The Balaban J connectivity index is 3.01. The Morgan fingerprint density at radius 1 is 1.53 bits per heavy atom. The number of hydrogen-bond acceptors (Lipinski definition) is 5. The second-order valence-electron chi connectivity index (χ2n) is 3.66. The first-order chi connectivity index (χ1) is 9.01. The Morgan fingerprint density at radius 2 is 2.21 bits per heavy atom. The highest BCUT2D eigenvalue weighted by molar-refractivity contribution is 5.84. The number of hydrogen-bond donors (Lipinski definition) is 2. The van der Waals surface area contributed by atoms with Crippen LogP contribution in [0.3, 0.4) is 0 Å². The van der Waals surface area contributed by atoms with E-state index in [1.807, 2.05) is 5.43 Å². The van der Waals surface area contributed by atoms with Crippen molar-refractivity contribution in [3.8, 4) is 5.75 Å². The second kappa shape index (κ2) is 6.34. The van der Waals surface area contributed by atoms with E-state index in [1.165, 1.54) is 19.2 Å². The molecule has 1 unspecified atom stereocenters. The number of benzene rings is 1. The van der Waals surface area contributed by atoms with E-state index in [0.29, 0.717) is 12.0 Å². The highest BCUT2D eigenvalue weighted by atomic mass is 16.6. The Kier molecular flexibility index (Phi) is 4.81. The summed E-state index contributed by atoms with van der Waals surface area (Å²) in [5.41, 5.74) is 4.39. The average Bonchev–Trinajstić information content (AvgIpc) is 2.42. The largest absolute Gasteiger partial charge is 0.490 e. The summed E-state index contributed by atoms with van der Waals surface area (Å²) in [4.78, 5) is 31.9. The van der Waals surface area contributed by atoms with Gasteiger partial charge in [-0.1, -0.05) is 6.07 Å². The maximum absolute atomic E-state index is 11.6. The Labute approximate surface area is 108 Å². The van der Waals surface area contributed by atoms with Gasteiger partial charge in [0.05, 0.1) is 18.0 Å². The lowest BCUT2D eigenvalue weighted by Crippen LogP contribution is -2.38. The average molecular weight is 267 g/mol. The summed E-state index contributed by atoms with van der Waals surface area (Å²) in [6.45, 7) is 1.56. The molecule has 1 aromatic carbocycles. The topological polar surface area (TPSA) is 111 Å². The highest BCUT2D eigenvalue weighted by Crippen LogP contribution is 2.30. The van der Waals surface area contributed by atoms with Crippen LogP contribution in [-0.4, -0.2) is 24.4 Å². The van der Waals surface area contributed by atoms with E-state index in [9.17, 15) is 19.7 Å². The van der Waals surface area contributed by atoms with Gasteiger partial charge in [0, 0.05) is 6.07 Å². The molecule has 0 saturated carbocycles. The molecule has 1 aromatic rings. The zero-order chi connectivity index (χ0) is 14.4. The number of methoxy groups -OCH3 is 1. The number of nitrogens with zero attached hydrogens (tertiary/aromatic N) is 1. The van der Waals surface area contributed by atoms with Crippen molar-refractivity contribution in [2.45, 2.75) is 12.8 Å². The number of carbonyl (C=O) groups excluding carboxylic acids is 2. The van der Waals surface area contributed by atoms with Crippen LogP contribution in [0.4, 0.5) is 5.69 Å². The molecule has 0 spiro atoms. The van der Waals surface area contributed by atoms with Crippen molar-refractivity contribution in [2.24, 2.45) is 0 Å². The van der Waals surface area contributed by atoms with Crippen LogP contribution < -0.4 is 15.6 Å². The predicted molar refractivity (Wildman–Crippen MR) is 65.4 cm³/mol. The lowest BCUT2D eigenvalue weighted by atomic mass is 10.00. The van der Waals surface area contributed by atoms with E-state index in [2.05, 4.69) is 5.43 Å². The van der Waals surface area contributed by atoms with Crippen molar-refractivity contribution >= 4 is 18.0 Å². The van der Waals surface area contributed by atoms with Crippen molar-refractivity contribution in [1.82, 2.24) is 10.9 Å². The summed E-state index contributed by atoms with van der Waals surface area (Å²) in [7, 11) is 1.33. The molecule has 102 valence electrons. The molecule has 8 nitrogen and oxygen atoms in total. The van der Waals surface area contributed by atoms with Gasteiger partial charge < -0.3 is 4.74 Å². The van der Waals surface area contributed by atoms with E-state index in [4.69, 9.17) is 4.74 Å². The van der Waals surface area contributed by atoms with Gasteiger partial charge in [-0.05, 0) is 18.6 Å². The maximum atomic E-state index is 11.6. The van der Waals surface area contributed by atoms with Gasteiger partial charge in [-0.2, -0.15) is 0 Å². The van der Waals surface area contributed by atoms with E-state index >= 15 is 0 Å². The number of nitro groups is 1. The molecule has 8 heteroatoms. The number of rotatable bonds is 6. The van der Waals surface area contributed by atoms with E-state index in [-0.39, 0.29) is 11.4 Å². The van der Waals surface area contributed by atoms with Crippen molar-refractivity contribution in [3.63, 3.8) is 0 Å². The minimum Gasteiger partial charge on any atom is -0.490 e. The molecule has 19 heavy (non-hydrogen) atoms. The zero-order valence-electron chi connectivity index (χ0n) is 10.4. The van der Waals surface area contributed by atoms with Gasteiger partial charge in [0.2, 0.25) is 12.3 Å². The van der Waals surface area contributed by atoms with Gasteiger partial charge >= 0.3 is 5.69 Å². The molecular weight excluding hydrogens is 254 g/mol. The molecular formula is C11H13N3O5. The predicted octanol–water partition coefficient (Wildman–Crippen LogP) is 0.484. The standard InChI is InChI=1S/C11H13N3O5/c1-7(11(16)13-12-6-15)8-3-4-10(19-2)9(5-8)14(17)18/h3-7H,1-2H3,(H,12,15)(H,13,16). The fraction of sp³-hybridized carbons (Fsp3) is 0.273. The van der Waals surface area contributed by atoms with Crippen LogP contribution in [0.15, 0.2) is 18.2 Å². The van der Waals surface area contributed by atoms with Crippen LogP contribution in [0, 0.1) is 10.1 Å². The Morgan fingerprint density at radius 3 is 2.74 bits per heavy atom. The van der Waals surface area contributed by atoms with Crippen molar-refractivity contribution in [3.05, 3.63) is 33.9 Å². The normalized spacial score (nSPS) is 11.3. The number of hydrazine groups is 1. The lowest BCUT2D eigenvalue weighted by molar-refractivity contribution is -0.385. The molecule has 0 fully saturated rings. The van der Waals surface area contributed by atoms with Gasteiger partial charge in [-0.3, -0.25) is 30.6 Å². The molecule has 0 aliphatic carbocycles. The van der Waals surface area contributed by atoms with Gasteiger partial charge in [0.15, 0.2) is 5.75 Å². The molecule has 0 saturated heterocycles. The minimum atomic E-state index is -0.656. The third-order valence-electron chi connectivity index (χ3n) is 2.55. The van der Waals surface area contributed by atoms with Crippen molar-refractivity contribution in [1.29, 1.82) is 0 Å². The van der Waals surface area contributed by atoms with E-state index in [0.717, 1.165) is 0 Å². The van der Waals surface area contributed by atoms with Crippen molar-refractivity contribution in [2.75, 3.05) is 7.11 Å². The summed E-state index contributed by atoms with van der Waals surface area (Å²) in [6.07, 6.45) is 0.321. The van der Waals surface area contributed by atoms with Crippen LogP contribution in [0.5, 0.6) is 5.75 Å². The zero-order valence-corrected chi connectivity index (χ0v) is 10.4. The lowest BCUT2D eigenvalue weighted by Gasteiger charge is -2.12. The fourth-order valence-corrected chi connectivity index (χ4v) is 1.48. The van der Waals surface area contributed by atoms with Crippen LogP contribution in [0.1, 0.15) is 18.4 Å². The summed E-state index contributed by atoms with van der Waals surface area (Å²) in [5.74, 6) is -1.02. The molecule has 2 N–H and O–H groups in total. The molecule has 0 aliphatic rings. The van der Waals surface area contributed by atoms with Gasteiger partial charge in [0.25, 0.3) is 0 Å². The molecule has 1 rings (SSSR count). The summed E-state index contributed by atoms with van der Waals surface area (Å²) < 4.78 is 4.87. The van der Waals surface area contributed by atoms with E-state index in [1.54, 1.807) is 13.0 Å². The monoisotopic (exact) mass is 267 g/mol. The summed E-state index contributed by atoms with van der Waals surface area (Å²) >= 11 is 0. The molecule has 0 bridgehead atoms. The van der Waals surface area contributed by atoms with Gasteiger partial charge in [-0.25, -0.2) is 0 Å². The first kappa shape index (κ1) is 14.4. The minimum absolute atomic E-state index is 0.118. The third kappa shape index (κ3) is 3.41. The summed E-state index contributed by atoms with van der Waals surface area (Å²) in [5, 5.41) is 10.9. The summed E-state index contributed by atoms with van der Waals surface area (Å²) in [6, 6.07) is 4.24. The van der Waals surface area contributed by atoms with E-state index < -0.39 is 16.7 Å². The number of carbonyl (C=O) groups is 2. The van der Waals surface area contributed by atoms with Crippen LogP contribution >= 0.6 is 0 Å². The first-order valence-corrected chi connectivity index (χ1v) is 5.32. The molecule has 0 radical (unpaired) electrons. The SMILES string of the molecule is COc1ccc(C(C)C(=O)NNC=O)cc1[N+](=O)[O-]. The van der Waals surface area contributed by atoms with Gasteiger partial charge in [0.1, 0.15) is 0 Å². The van der Waals surface area contributed by atoms with Crippen molar-refractivity contribution < 1.29 is 19.2 Å². The number of ether oxygens (including phenoxy) is 1. The van der Waals surface area contributed by atoms with Crippen LogP contribution in [-0.2, 0) is 9.59 Å². The maximum Gasteiger partial charge on any atom is 0.311 e. The second-order valence-corrected chi connectivity index (χ2v) is 3.66. The molecule has 1 atom stereocenters. The number of amides is 2. The Hall–Kier alpha value is -2.64. The smallest absolute Gasteiger partial charge is 0.311 e. The first-order valence-electron chi connectivity index (χ1n) is 5.32. The quantitative estimate of drug-likeness (QED) is 0.442.